The van der Waals surface area contributed by atoms with E-state index in [1.54, 1.807) is 24.3 Å². The number of halogens is 2. The van der Waals surface area contributed by atoms with Crippen LogP contribution < -0.4 is 10.0 Å². The summed E-state index contributed by atoms with van der Waals surface area (Å²) in [6.07, 6.45) is -0.169. The molecular formula is C17H16F2N2O4S. The van der Waals surface area contributed by atoms with E-state index in [1.165, 1.54) is 6.92 Å². The zero-order valence-electron chi connectivity index (χ0n) is 13.8. The Balaban J connectivity index is 1.88. The van der Waals surface area contributed by atoms with Crippen LogP contribution in [0.5, 0.6) is 0 Å². The minimum atomic E-state index is -4.06. The van der Waals surface area contributed by atoms with Crippen LogP contribution in [0, 0.1) is 11.6 Å². The molecule has 0 aliphatic carbocycles. The number of benzene rings is 2. The molecule has 138 valence electrons. The monoisotopic (exact) mass is 382 g/mol. The summed E-state index contributed by atoms with van der Waals surface area (Å²) in [5, 5.41) is 2.56. The summed E-state index contributed by atoms with van der Waals surface area (Å²) in [7, 11) is -4.06. The zero-order chi connectivity index (χ0) is 19.3. The van der Waals surface area contributed by atoms with Crippen LogP contribution in [0.4, 0.5) is 14.5 Å². The second-order valence-corrected chi connectivity index (χ2v) is 7.17. The van der Waals surface area contributed by atoms with Crippen LogP contribution in [-0.2, 0) is 14.8 Å². The van der Waals surface area contributed by atoms with Gasteiger partial charge in [0.1, 0.15) is 0 Å². The smallest absolute Gasteiger partial charge is 0.240 e. The molecule has 2 rings (SSSR count). The third-order valence-corrected chi connectivity index (χ3v) is 4.88. The number of sulfonamides is 1. The average molecular weight is 382 g/mol. The lowest BCUT2D eigenvalue weighted by Gasteiger charge is -2.08. The molecule has 0 bridgehead atoms. The Morgan fingerprint density at radius 3 is 2.23 bits per heavy atom. The fourth-order valence-corrected chi connectivity index (χ4v) is 3.08. The van der Waals surface area contributed by atoms with Gasteiger partial charge in [-0.15, -0.1) is 0 Å². The first kappa shape index (κ1) is 19.7. The Morgan fingerprint density at radius 2 is 1.65 bits per heavy atom. The average Bonchev–Trinajstić information content (AvgIpc) is 2.57. The Bertz CT molecular complexity index is 928. The number of nitrogens with one attached hydrogen (secondary N) is 2. The van der Waals surface area contributed by atoms with Crippen molar-refractivity contribution in [1.82, 2.24) is 4.72 Å². The Kier molecular flexibility index (Phi) is 6.17. The highest BCUT2D eigenvalue weighted by atomic mass is 32.2. The van der Waals surface area contributed by atoms with E-state index in [9.17, 15) is 26.8 Å². The Labute approximate surface area is 149 Å². The standard InChI is InChI=1S/C17H16F2N2O4S/c1-11(22)12-2-4-13(5-3-12)21-17(23)8-9-20-26(24,25)14-6-7-15(18)16(19)10-14/h2-7,10,20H,8-9H2,1H3,(H,21,23). The lowest BCUT2D eigenvalue weighted by atomic mass is 10.1. The maximum Gasteiger partial charge on any atom is 0.240 e. The van der Waals surface area contributed by atoms with Crippen LogP contribution in [0.15, 0.2) is 47.4 Å². The van der Waals surface area contributed by atoms with Gasteiger partial charge in [0, 0.05) is 24.2 Å². The summed E-state index contributed by atoms with van der Waals surface area (Å²) in [6.45, 7) is 1.20. The predicted molar refractivity (Wildman–Crippen MR) is 91.2 cm³/mol. The van der Waals surface area contributed by atoms with Crippen LogP contribution in [0.25, 0.3) is 0 Å². The largest absolute Gasteiger partial charge is 0.326 e. The lowest BCUT2D eigenvalue weighted by molar-refractivity contribution is -0.116. The summed E-state index contributed by atoms with van der Waals surface area (Å²) in [5.74, 6) is -2.98. The van der Waals surface area contributed by atoms with Crippen molar-refractivity contribution >= 4 is 27.4 Å². The zero-order valence-corrected chi connectivity index (χ0v) is 14.6. The maximum atomic E-state index is 13.1. The SMILES string of the molecule is CC(=O)c1ccc(NC(=O)CCNS(=O)(=O)c2ccc(F)c(F)c2)cc1. The van der Waals surface area contributed by atoms with Gasteiger partial charge in [-0.05, 0) is 49.4 Å². The normalized spacial score (nSPS) is 11.2. The number of carbonyl (C=O) groups is 2. The van der Waals surface area contributed by atoms with E-state index < -0.39 is 32.5 Å². The summed E-state index contributed by atoms with van der Waals surface area (Å²) in [5.41, 5.74) is 0.964. The van der Waals surface area contributed by atoms with Crippen molar-refractivity contribution < 1.29 is 26.8 Å². The number of anilines is 1. The minimum Gasteiger partial charge on any atom is -0.326 e. The van der Waals surface area contributed by atoms with Crippen molar-refractivity contribution in [3.8, 4) is 0 Å². The van der Waals surface area contributed by atoms with E-state index in [4.69, 9.17) is 0 Å². The maximum absolute atomic E-state index is 13.1. The molecule has 6 nitrogen and oxygen atoms in total. The topological polar surface area (TPSA) is 92.3 Å². The number of hydrogen-bond acceptors (Lipinski definition) is 4. The van der Waals surface area contributed by atoms with E-state index in [-0.39, 0.29) is 18.7 Å². The van der Waals surface area contributed by atoms with Crippen molar-refractivity contribution in [3.05, 3.63) is 59.7 Å². The number of ketones is 1. The van der Waals surface area contributed by atoms with E-state index in [0.717, 1.165) is 6.07 Å². The first-order valence-corrected chi connectivity index (χ1v) is 9.03. The van der Waals surface area contributed by atoms with Crippen LogP contribution >= 0.6 is 0 Å². The van der Waals surface area contributed by atoms with Crippen molar-refractivity contribution in [1.29, 1.82) is 0 Å². The molecule has 0 unspecified atom stereocenters. The second-order valence-electron chi connectivity index (χ2n) is 5.41. The van der Waals surface area contributed by atoms with Gasteiger partial charge >= 0.3 is 0 Å². The third kappa shape index (κ3) is 5.17. The van der Waals surface area contributed by atoms with Gasteiger partial charge < -0.3 is 5.32 Å². The second kappa shape index (κ2) is 8.15. The number of hydrogen-bond donors (Lipinski definition) is 2. The first-order chi connectivity index (χ1) is 12.2. The minimum absolute atomic E-state index is 0.102. The molecule has 26 heavy (non-hydrogen) atoms. The van der Waals surface area contributed by atoms with Crippen molar-refractivity contribution in [2.75, 3.05) is 11.9 Å². The quantitative estimate of drug-likeness (QED) is 0.720. The van der Waals surface area contributed by atoms with Gasteiger partial charge in [-0.2, -0.15) is 0 Å². The molecule has 0 aliphatic heterocycles. The highest BCUT2D eigenvalue weighted by Gasteiger charge is 2.16. The van der Waals surface area contributed by atoms with Gasteiger partial charge in [0.2, 0.25) is 15.9 Å². The molecule has 0 heterocycles. The lowest BCUT2D eigenvalue weighted by Crippen LogP contribution is -2.28. The molecule has 2 aromatic carbocycles. The molecule has 1 amide bonds. The fraction of sp³-hybridized carbons (Fsp3) is 0.176. The molecule has 0 aliphatic rings. The summed E-state index contributed by atoms with van der Waals surface area (Å²) in [4.78, 5) is 22.6. The van der Waals surface area contributed by atoms with Crippen LogP contribution in [0.2, 0.25) is 0 Å². The van der Waals surface area contributed by atoms with Gasteiger partial charge in [-0.25, -0.2) is 21.9 Å². The summed E-state index contributed by atoms with van der Waals surface area (Å²) < 4.78 is 52.1. The molecule has 0 saturated heterocycles. The predicted octanol–water partition coefficient (Wildman–Crippen LogP) is 2.47. The highest BCUT2D eigenvalue weighted by molar-refractivity contribution is 7.89. The molecule has 2 aromatic rings. The van der Waals surface area contributed by atoms with E-state index in [2.05, 4.69) is 10.0 Å². The van der Waals surface area contributed by atoms with Gasteiger partial charge in [0.15, 0.2) is 17.4 Å². The van der Waals surface area contributed by atoms with Crippen molar-refractivity contribution in [2.45, 2.75) is 18.2 Å². The Morgan fingerprint density at radius 1 is 1.00 bits per heavy atom. The Hall–Kier alpha value is -2.65. The molecule has 0 aromatic heterocycles. The number of amides is 1. The van der Waals surface area contributed by atoms with Gasteiger partial charge in [-0.3, -0.25) is 9.59 Å². The van der Waals surface area contributed by atoms with Crippen LogP contribution in [0.3, 0.4) is 0 Å². The molecule has 0 radical (unpaired) electrons. The molecule has 2 N–H and O–H groups in total. The van der Waals surface area contributed by atoms with Crippen LogP contribution in [-0.4, -0.2) is 26.7 Å². The van der Waals surface area contributed by atoms with E-state index >= 15 is 0 Å². The number of rotatable bonds is 7. The van der Waals surface area contributed by atoms with Gasteiger partial charge in [0.25, 0.3) is 0 Å². The molecule has 0 spiro atoms. The van der Waals surface area contributed by atoms with Gasteiger partial charge in [-0.1, -0.05) is 0 Å². The van der Waals surface area contributed by atoms with E-state index in [0.29, 0.717) is 23.4 Å². The van der Waals surface area contributed by atoms with Gasteiger partial charge in [0.05, 0.1) is 4.90 Å². The molecule has 0 fully saturated rings. The summed E-state index contributed by atoms with van der Waals surface area (Å²) >= 11 is 0. The molecule has 0 saturated carbocycles. The third-order valence-electron chi connectivity index (χ3n) is 3.42. The number of Topliss-reactive ketones (excluding diaryl/α,β-unsaturated/α-hetero) is 1. The van der Waals surface area contributed by atoms with E-state index in [1.807, 2.05) is 0 Å². The van der Waals surface area contributed by atoms with Crippen molar-refractivity contribution in [3.63, 3.8) is 0 Å². The molecule has 0 atom stereocenters. The number of carbonyl (C=O) groups excluding carboxylic acids is 2. The first-order valence-electron chi connectivity index (χ1n) is 7.54. The molecular weight excluding hydrogens is 366 g/mol. The van der Waals surface area contributed by atoms with Crippen molar-refractivity contribution in [2.24, 2.45) is 0 Å². The summed E-state index contributed by atoms with van der Waals surface area (Å²) in [6, 6.07) is 8.43. The van der Waals surface area contributed by atoms with Crippen LogP contribution in [0.1, 0.15) is 23.7 Å². The fourth-order valence-electron chi connectivity index (χ4n) is 2.04. The molecule has 9 heteroatoms. The highest BCUT2D eigenvalue weighted by Crippen LogP contribution is 2.14.